The number of hydrogen-bond donors (Lipinski definition) is 2. The van der Waals surface area contributed by atoms with E-state index < -0.39 is 40.9 Å². The van der Waals surface area contributed by atoms with Crippen LogP contribution in [0, 0.1) is 5.82 Å². The Balaban J connectivity index is 1.46. The van der Waals surface area contributed by atoms with E-state index in [1.807, 2.05) is 24.3 Å². The molecule has 2 aromatic carbocycles. The predicted octanol–water partition coefficient (Wildman–Crippen LogP) is 1.84. The van der Waals surface area contributed by atoms with Gasteiger partial charge in [-0.1, -0.05) is 24.3 Å². The number of carbonyl (C=O) groups excluding carboxylic acids is 2. The van der Waals surface area contributed by atoms with Crippen LogP contribution < -0.4 is 10.0 Å². The minimum atomic E-state index is -3.98. The van der Waals surface area contributed by atoms with E-state index in [4.69, 9.17) is 4.74 Å². The second-order valence-electron chi connectivity index (χ2n) is 6.65. The Morgan fingerprint density at radius 3 is 2.59 bits per heavy atom. The molecule has 154 valence electrons. The summed E-state index contributed by atoms with van der Waals surface area (Å²) >= 11 is 0. The number of nitrogens with one attached hydrogen (secondary N) is 2. The lowest BCUT2D eigenvalue weighted by molar-refractivity contribution is -0.147. The van der Waals surface area contributed by atoms with Crippen LogP contribution in [0.2, 0.25) is 0 Å². The van der Waals surface area contributed by atoms with Gasteiger partial charge < -0.3 is 10.1 Å². The van der Waals surface area contributed by atoms with Crippen LogP contribution in [0.1, 0.15) is 30.0 Å². The van der Waals surface area contributed by atoms with E-state index in [0.717, 1.165) is 49.1 Å². The second kappa shape index (κ2) is 9.15. The summed E-state index contributed by atoms with van der Waals surface area (Å²) in [6.45, 7) is -1.14. The Hall–Kier alpha value is -2.78. The number of ether oxygens (including phenoxy) is 1. The number of carbonyl (C=O) groups is 2. The highest BCUT2D eigenvalue weighted by molar-refractivity contribution is 7.89. The van der Waals surface area contributed by atoms with Crippen molar-refractivity contribution >= 4 is 21.9 Å². The van der Waals surface area contributed by atoms with E-state index in [0.29, 0.717) is 0 Å². The Bertz CT molecular complexity index is 992. The highest BCUT2D eigenvalue weighted by Gasteiger charge is 2.22. The lowest BCUT2D eigenvalue weighted by Gasteiger charge is -2.26. The molecular formula is C20H21FN2O5S. The molecule has 2 N–H and O–H groups in total. The number of aryl methyl sites for hydroxylation is 1. The minimum absolute atomic E-state index is 0.136. The molecule has 1 amide bonds. The molecule has 29 heavy (non-hydrogen) atoms. The molecule has 1 atom stereocenters. The van der Waals surface area contributed by atoms with Crippen LogP contribution in [-0.2, 0) is 30.8 Å². The number of sulfonamides is 1. The molecule has 0 fully saturated rings. The van der Waals surface area contributed by atoms with Crippen LogP contribution in [-0.4, -0.2) is 33.4 Å². The van der Waals surface area contributed by atoms with Gasteiger partial charge in [0, 0.05) is 0 Å². The van der Waals surface area contributed by atoms with Gasteiger partial charge in [0.1, 0.15) is 12.4 Å². The standard InChI is InChI=1S/C20H21FN2O5S/c21-15-8-10-16(11-9-15)29(26,27)22-12-20(25)28-13-19(24)23-18-7-3-5-14-4-1-2-6-17(14)18/h1-2,4,6,8-11,18,22H,3,5,7,12-13H2,(H,23,24)/t18-/m1/s1. The van der Waals surface area contributed by atoms with Gasteiger partial charge >= 0.3 is 5.97 Å². The summed E-state index contributed by atoms with van der Waals surface area (Å²) in [6, 6.07) is 11.9. The highest BCUT2D eigenvalue weighted by atomic mass is 32.2. The highest BCUT2D eigenvalue weighted by Crippen LogP contribution is 2.29. The molecule has 0 spiro atoms. The molecule has 2 aromatic rings. The van der Waals surface area contributed by atoms with Crippen molar-refractivity contribution in [1.82, 2.24) is 10.0 Å². The lowest BCUT2D eigenvalue weighted by Crippen LogP contribution is -2.36. The van der Waals surface area contributed by atoms with Gasteiger partial charge in [-0.3, -0.25) is 9.59 Å². The quantitative estimate of drug-likeness (QED) is 0.666. The fraction of sp³-hybridized carbons (Fsp3) is 0.300. The fourth-order valence-corrected chi connectivity index (χ4v) is 4.16. The first-order chi connectivity index (χ1) is 13.8. The number of rotatable bonds is 7. The summed E-state index contributed by atoms with van der Waals surface area (Å²) in [7, 11) is -3.98. The van der Waals surface area contributed by atoms with Crippen molar-refractivity contribution in [2.24, 2.45) is 0 Å². The summed E-state index contributed by atoms with van der Waals surface area (Å²) < 4.78 is 43.9. The molecule has 3 rings (SSSR count). The number of benzene rings is 2. The first-order valence-corrected chi connectivity index (χ1v) is 10.6. The van der Waals surface area contributed by atoms with Crippen molar-refractivity contribution in [3.8, 4) is 0 Å². The number of fused-ring (bicyclic) bond motifs is 1. The molecule has 0 heterocycles. The van der Waals surface area contributed by atoms with Crippen LogP contribution in [0.3, 0.4) is 0 Å². The zero-order valence-electron chi connectivity index (χ0n) is 15.6. The van der Waals surface area contributed by atoms with Crippen LogP contribution in [0.4, 0.5) is 4.39 Å². The van der Waals surface area contributed by atoms with Crippen molar-refractivity contribution in [3.05, 3.63) is 65.5 Å². The third-order valence-corrected chi connectivity index (χ3v) is 6.02. The zero-order valence-corrected chi connectivity index (χ0v) is 16.4. The molecule has 1 aliphatic carbocycles. The Kier molecular flexibility index (Phi) is 6.60. The third-order valence-electron chi connectivity index (χ3n) is 4.60. The molecule has 9 heteroatoms. The van der Waals surface area contributed by atoms with Gasteiger partial charge in [-0.25, -0.2) is 12.8 Å². The van der Waals surface area contributed by atoms with Gasteiger partial charge in [0.05, 0.1) is 10.9 Å². The molecule has 0 aromatic heterocycles. The maximum absolute atomic E-state index is 12.9. The number of amides is 1. The van der Waals surface area contributed by atoms with E-state index in [1.54, 1.807) is 0 Å². The average Bonchev–Trinajstić information content (AvgIpc) is 2.71. The summed E-state index contributed by atoms with van der Waals surface area (Å²) in [5, 5.41) is 2.84. The molecule has 0 aliphatic heterocycles. The van der Waals surface area contributed by atoms with E-state index >= 15 is 0 Å². The Labute approximate surface area is 168 Å². The first-order valence-electron chi connectivity index (χ1n) is 9.13. The van der Waals surface area contributed by atoms with Gasteiger partial charge in [-0.15, -0.1) is 0 Å². The molecular weight excluding hydrogens is 399 g/mol. The second-order valence-corrected chi connectivity index (χ2v) is 8.42. The molecule has 0 unspecified atom stereocenters. The summed E-state index contributed by atoms with van der Waals surface area (Å²) in [5.74, 6) is -1.92. The summed E-state index contributed by atoms with van der Waals surface area (Å²) in [4.78, 5) is 23.7. The zero-order chi connectivity index (χ0) is 20.9. The molecule has 7 nitrogen and oxygen atoms in total. The van der Waals surface area contributed by atoms with Gasteiger partial charge in [0.25, 0.3) is 5.91 Å². The molecule has 0 bridgehead atoms. The molecule has 0 saturated carbocycles. The topological polar surface area (TPSA) is 102 Å². The lowest BCUT2D eigenvalue weighted by atomic mass is 9.88. The Morgan fingerprint density at radius 2 is 1.83 bits per heavy atom. The van der Waals surface area contributed by atoms with Gasteiger partial charge in [-0.05, 0) is 54.7 Å². The van der Waals surface area contributed by atoms with Crippen molar-refractivity contribution in [2.75, 3.05) is 13.2 Å². The molecule has 1 aliphatic rings. The van der Waals surface area contributed by atoms with E-state index in [1.165, 1.54) is 5.56 Å². The van der Waals surface area contributed by atoms with Crippen molar-refractivity contribution in [2.45, 2.75) is 30.2 Å². The maximum atomic E-state index is 12.9. The smallest absolute Gasteiger partial charge is 0.321 e. The maximum Gasteiger partial charge on any atom is 0.321 e. The predicted molar refractivity (Wildman–Crippen MR) is 103 cm³/mol. The van der Waals surface area contributed by atoms with Crippen LogP contribution in [0.25, 0.3) is 0 Å². The monoisotopic (exact) mass is 420 g/mol. The average molecular weight is 420 g/mol. The number of esters is 1. The summed E-state index contributed by atoms with van der Waals surface area (Å²) in [5.41, 5.74) is 2.25. The van der Waals surface area contributed by atoms with E-state index in [2.05, 4.69) is 10.0 Å². The molecule has 0 saturated heterocycles. The minimum Gasteiger partial charge on any atom is -0.455 e. The van der Waals surface area contributed by atoms with Gasteiger partial charge in [0.2, 0.25) is 10.0 Å². The van der Waals surface area contributed by atoms with E-state index in [-0.39, 0.29) is 10.9 Å². The van der Waals surface area contributed by atoms with E-state index in [9.17, 15) is 22.4 Å². The SMILES string of the molecule is O=C(COC(=O)CNS(=O)(=O)c1ccc(F)cc1)N[C@@H]1CCCc2ccccc21. The molecule has 0 radical (unpaired) electrons. The van der Waals surface area contributed by atoms with Crippen LogP contribution in [0.5, 0.6) is 0 Å². The fourth-order valence-electron chi connectivity index (χ4n) is 3.19. The van der Waals surface area contributed by atoms with Gasteiger partial charge in [-0.2, -0.15) is 4.72 Å². The Morgan fingerprint density at radius 1 is 1.10 bits per heavy atom. The number of hydrogen-bond acceptors (Lipinski definition) is 5. The normalized spacial score (nSPS) is 16.0. The van der Waals surface area contributed by atoms with Crippen LogP contribution >= 0.6 is 0 Å². The van der Waals surface area contributed by atoms with Crippen molar-refractivity contribution < 1.29 is 27.1 Å². The summed E-state index contributed by atoms with van der Waals surface area (Å²) in [6.07, 6.45) is 2.72. The van der Waals surface area contributed by atoms with Crippen molar-refractivity contribution in [1.29, 1.82) is 0 Å². The van der Waals surface area contributed by atoms with Crippen molar-refractivity contribution in [3.63, 3.8) is 0 Å². The largest absolute Gasteiger partial charge is 0.455 e. The van der Waals surface area contributed by atoms with Gasteiger partial charge in [0.15, 0.2) is 6.61 Å². The van der Waals surface area contributed by atoms with Crippen LogP contribution in [0.15, 0.2) is 53.4 Å². The third kappa shape index (κ3) is 5.61. The first kappa shape index (κ1) is 20.9. The number of halogens is 1.